The van der Waals surface area contributed by atoms with E-state index in [1.54, 1.807) is 0 Å². The van der Waals surface area contributed by atoms with Crippen LogP contribution < -0.4 is 5.32 Å². The van der Waals surface area contributed by atoms with E-state index in [-0.39, 0.29) is 17.9 Å². The van der Waals surface area contributed by atoms with E-state index in [4.69, 9.17) is 6.42 Å². The third kappa shape index (κ3) is 3.09. The Kier molecular flexibility index (Phi) is 5.41. The van der Waals surface area contributed by atoms with Crippen molar-refractivity contribution in [2.45, 2.75) is 64.5 Å². The highest BCUT2D eigenvalue weighted by Gasteiger charge is 2.43. The summed E-state index contributed by atoms with van der Waals surface area (Å²) in [7, 11) is 0. The highest BCUT2D eigenvalue weighted by atomic mass is 16.2. The van der Waals surface area contributed by atoms with Crippen LogP contribution in [0.3, 0.4) is 0 Å². The molecule has 1 atom stereocenters. The summed E-state index contributed by atoms with van der Waals surface area (Å²) in [5, 5.41) is 2.91. The first-order valence-corrected chi connectivity index (χ1v) is 7.10. The van der Waals surface area contributed by atoms with E-state index in [0.29, 0.717) is 32.2 Å². The van der Waals surface area contributed by atoms with Crippen molar-refractivity contribution < 1.29 is 9.59 Å². The second-order valence-electron chi connectivity index (χ2n) is 5.06. The average molecular weight is 264 g/mol. The quantitative estimate of drug-likeness (QED) is 0.768. The van der Waals surface area contributed by atoms with E-state index < -0.39 is 5.54 Å². The molecule has 0 radical (unpaired) electrons. The van der Waals surface area contributed by atoms with Gasteiger partial charge in [-0.15, -0.1) is 12.3 Å². The zero-order valence-electron chi connectivity index (χ0n) is 12.2. The predicted molar refractivity (Wildman–Crippen MR) is 75.3 cm³/mol. The highest BCUT2D eigenvalue weighted by Crippen LogP contribution is 2.24. The molecule has 1 heterocycles. The zero-order valence-corrected chi connectivity index (χ0v) is 12.2. The smallest absolute Gasteiger partial charge is 0.248 e. The molecule has 0 aromatic heterocycles. The summed E-state index contributed by atoms with van der Waals surface area (Å²) in [4.78, 5) is 26.4. The summed E-state index contributed by atoms with van der Waals surface area (Å²) in [5.41, 5.74) is -0.754. The van der Waals surface area contributed by atoms with Crippen LogP contribution in [0.2, 0.25) is 0 Å². The van der Waals surface area contributed by atoms with Crippen molar-refractivity contribution in [2.24, 2.45) is 0 Å². The van der Waals surface area contributed by atoms with Crippen LogP contribution in [0.25, 0.3) is 0 Å². The molecule has 2 amide bonds. The van der Waals surface area contributed by atoms with Gasteiger partial charge in [0.1, 0.15) is 5.54 Å². The molecule has 19 heavy (non-hydrogen) atoms. The number of carbonyl (C=O) groups excluding carboxylic acids is 2. The first-order valence-electron chi connectivity index (χ1n) is 7.10. The van der Waals surface area contributed by atoms with Gasteiger partial charge in [-0.1, -0.05) is 20.8 Å². The van der Waals surface area contributed by atoms with Gasteiger partial charge in [0, 0.05) is 25.4 Å². The van der Waals surface area contributed by atoms with Gasteiger partial charge in [0.2, 0.25) is 11.8 Å². The molecule has 1 unspecified atom stereocenters. The van der Waals surface area contributed by atoms with Crippen LogP contribution in [-0.4, -0.2) is 34.8 Å². The molecule has 0 aromatic rings. The summed E-state index contributed by atoms with van der Waals surface area (Å²) in [6.45, 7) is 6.36. The number of nitrogens with one attached hydrogen (secondary N) is 1. The second kappa shape index (κ2) is 6.60. The minimum Gasteiger partial charge on any atom is -0.342 e. The topological polar surface area (TPSA) is 49.4 Å². The lowest BCUT2D eigenvalue weighted by molar-refractivity contribution is -0.141. The Morgan fingerprint density at radius 1 is 1.37 bits per heavy atom. The van der Waals surface area contributed by atoms with Gasteiger partial charge < -0.3 is 10.2 Å². The maximum absolute atomic E-state index is 12.8. The maximum atomic E-state index is 12.8. The lowest BCUT2D eigenvalue weighted by atomic mass is 9.90. The van der Waals surface area contributed by atoms with Gasteiger partial charge in [0.05, 0.1) is 0 Å². The van der Waals surface area contributed by atoms with Gasteiger partial charge in [-0.05, 0) is 19.3 Å². The summed E-state index contributed by atoms with van der Waals surface area (Å²) in [5.74, 6) is 2.61. The van der Waals surface area contributed by atoms with E-state index in [2.05, 4.69) is 11.2 Å². The molecule has 1 aliphatic rings. The lowest BCUT2D eigenvalue weighted by Crippen LogP contribution is -2.58. The van der Waals surface area contributed by atoms with Gasteiger partial charge in [0.25, 0.3) is 0 Å². The third-order valence-corrected chi connectivity index (χ3v) is 4.10. The van der Waals surface area contributed by atoms with Gasteiger partial charge in [0.15, 0.2) is 0 Å². The second-order valence-corrected chi connectivity index (χ2v) is 5.06. The molecular formula is C15H24N2O2. The molecule has 0 aliphatic carbocycles. The molecule has 0 bridgehead atoms. The third-order valence-electron chi connectivity index (χ3n) is 4.10. The van der Waals surface area contributed by atoms with E-state index in [9.17, 15) is 9.59 Å². The fraction of sp³-hybridized carbons (Fsp3) is 0.733. The van der Waals surface area contributed by atoms with Crippen molar-refractivity contribution in [2.75, 3.05) is 6.54 Å². The molecule has 1 rings (SSSR count). The van der Waals surface area contributed by atoms with Gasteiger partial charge in [-0.2, -0.15) is 0 Å². The number of rotatable bonds is 5. The van der Waals surface area contributed by atoms with Gasteiger partial charge in [-0.3, -0.25) is 9.59 Å². The Hall–Kier alpha value is -1.50. The molecule has 4 nitrogen and oxygen atoms in total. The highest BCUT2D eigenvalue weighted by molar-refractivity contribution is 5.93. The molecule has 1 saturated heterocycles. The molecule has 0 saturated carbocycles. The molecule has 0 spiro atoms. The number of terminal acetylenes is 1. The molecule has 4 heteroatoms. The zero-order chi connectivity index (χ0) is 14.5. The van der Waals surface area contributed by atoms with E-state index in [1.165, 1.54) is 0 Å². The fourth-order valence-corrected chi connectivity index (χ4v) is 2.67. The minimum absolute atomic E-state index is 0.0189. The maximum Gasteiger partial charge on any atom is 0.248 e. The molecule has 1 aliphatic heterocycles. The Balaban J connectivity index is 3.08. The summed E-state index contributed by atoms with van der Waals surface area (Å²) >= 11 is 0. The number of carbonyl (C=O) groups is 2. The number of hydrogen-bond donors (Lipinski definition) is 1. The summed E-state index contributed by atoms with van der Waals surface area (Å²) < 4.78 is 0. The number of nitrogens with zero attached hydrogens (tertiary/aromatic N) is 1. The van der Waals surface area contributed by atoms with Crippen LogP contribution in [0.15, 0.2) is 0 Å². The van der Waals surface area contributed by atoms with Crippen LogP contribution in [0.1, 0.15) is 52.9 Å². The Bertz CT molecular complexity index is 380. The van der Waals surface area contributed by atoms with Crippen molar-refractivity contribution in [3.8, 4) is 12.3 Å². The molecule has 106 valence electrons. The number of hydrogen-bond acceptors (Lipinski definition) is 2. The van der Waals surface area contributed by atoms with Gasteiger partial charge in [-0.25, -0.2) is 0 Å². The fourth-order valence-electron chi connectivity index (χ4n) is 2.67. The minimum atomic E-state index is -0.754. The van der Waals surface area contributed by atoms with Crippen LogP contribution in [-0.2, 0) is 9.59 Å². The van der Waals surface area contributed by atoms with Crippen LogP contribution in [0.5, 0.6) is 0 Å². The van der Waals surface area contributed by atoms with Crippen molar-refractivity contribution >= 4 is 11.8 Å². The summed E-state index contributed by atoms with van der Waals surface area (Å²) in [6, 6.07) is 0.0303. The monoisotopic (exact) mass is 264 g/mol. The number of amides is 2. The van der Waals surface area contributed by atoms with Crippen molar-refractivity contribution in [3.63, 3.8) is 0 Å². The van der Waals surface area contributed by atoms with Crippen LogP contribution in [0, 0.1) is 12.3 Å². The van der Waals surface area contributed by atoms with E-state index >= 15 is 0 Å². The average Bonchev–Trinajstić information content (AvgIpc) is 2.54. The van der Waals surface area contributed by atoms with Gasteiger partial charge >= 0.3 is 0 Å². The molecule has 0 aromatic carbocycles. The molecule has 1 N–H and O–H groups in total. The SMILES string of the molecule is C#CCC(CC)N1CCC(=O)NC(CC)(CC)C1=O. The molecule has 1 fully saturated rings. The van der Waals surface area contributed by atoms with Crippen molar-refractivity contribution in [1.82, 2.24) is 10.2 Å². The first kappa shape index (κ1) is 15.6. The Morgan fingerprint density at radius 2 is 2.00 bits per heavy atom. The normalized spacial score (nSPS) is 20.4. The summed E-state index contributed by atoms with van der Waals surface area (Å²) in [6.07, 6.45) is 8.31. The van der Waals surface area contributed by atoms with Crippen molar-refractivity contribution in [1.29, 1.82) is 0 Å². The van der Waals surface area contributed by atoms with Crippen LogP contribution >= 0.6 is 0 Å². The van der Waals surface area contributed by atoms with E-state index in [1.807, 2.05) is 25.7 Å². The standard InChI is InChI=1S/C15H24N2O2/c1-5-9-12(6-2)17-11-10-13(18)16-15(7-3,8-4)14(17)19/h1,12H,6-11H2,2-4H3,(H,16,18). The largest absolute Gasteiger partial charge is 0.342 e. The Morgan fingerprint density at radius 3 is 2.47 bits per heavy atom. The van der Waals surface area contributed by atoms with E-state index in [0.717, 1.165) is 6.42 Å². The molecular weight excluding hydrogens is 240 g/mol. The first-order chi connectivity index (χ1) is 9.04. The Labute approximate surface area is 115 Å². The van der Waals surface area contributed by atoms with Crippen LogP contribution in [0.4, 0.5) is 0 Å². The van der Waals surface area contributed by atoms with Crippen molar-refractivity contribution in [3.05, 3.63) is 0 Å². The lowest BCUT2D eigenvalue weighted by Gasteiger charge is -2.37. The predicted octanol–water partition coefficient (Wildman–Crippen LogP) is 1.70.